The fourth-order valence-corrected chi connectivity index (χ4v) is 9.36. The van der Waals surface area contributed by atoms with E-state index in [2.05, 4.69) is 20.8 Å². The number of fused-ring (bicyclic) bond motifs is 5. The molecular formula is C25H38O5. The summed E-state index contributed by atoms with van der Waals surface area (Å²) in [6.45, 7) is 9.73. The number of hydrogen-bond acceptors (Lipinski definition) is 5. The highest BCUT2D eigenvalue weighted by Gasteiger charge is 2.67. The van der Waals surface area contributed by atoms with E-state index in [9.17, 15) is 4.79 Å². The van der Waals surface area contributed by atoms with Crippen molar-refractivity contribution in [3.05, 3.63) is 0 Å². The number of Topliss-reactive ketones (excluding diaryl/α,β-unsaturated/α-hetero) is 1. The molecule has 6 aliphatic rings. The van der Waals surface area contributed by atoms with E-state index in [-0.39, 0.29) is 22.5 Å². The molecule has 0 bridgehead atoms. The van der Waals surface area contributed by atoms with Crippen LogP contribution in [0.5, 0.6) is 0 Å². The molecule has 5 nitrogen and oxygen atoms in total. The molecule has 4 saturated carbocycles. The van der Waals surface area contributed by atoms with E-state index in [0.29, 0.717) is 49.1 Å². The molecule has 0 N–H and O–H groups in total. The first-order valence-electron chi connectivity index (χ1n) is 12.4. The zero-order valence-corrected chi connectivity index (χ0v) is 18.9. The number of carbonyl (C=O) groups is 1. The molecule has 0 aromatic heterocycles. The normalized spacial score (nSPS) is 51.6. The first-order valence-corrected chi connectivity index (χ1v) is 12.4. The Hall–Kier alpha value is -0.490. The molecule has 7 atom stereocenters. The molecule has 2 saturated heterocycles. The molecule has 0 aromatic carbocycles. The Labute approximate surface area is 180 Å². The summed E-state index contributed by atoms with van der Waals surface area (Å²) in [7, 11) is 0. The Morgan fingerprint density at radius 2 is 1.50 bits per heavy atom. The van der Waals surface area contributed by atoms with Crippen LogP contribution in [0, 0.1) is 40.4 Å². The fourth-order valence-electron chi connectivity index (χ4n) is 9.36. The second-order valence-corrected chi connectivity index (χ2v) is 11.8. The predicted molar refractivity (Wildman–Crippen MR) is 111 cm³/mol. The Bertz CT molecular complexity index is 723. The van der Waals surface area contributed by atoms with Gasteiger partial charge in [0, 0.05) is 31.1 Å². The van der Waals surface area contributed by atoms with E-state index in [1.165, 1.54) is 19.3 Å². The van der Waals surface area contributed by atoms with Gasteiger partial charge < -0.3 is 18.9 Å². The summed E-state index contributed by atoms with van der Waals surface area (Å²) in [5.74, 6) is 1.86. The van der Waals surface area contributed by atoms with Gasteiger partial charge in [0.05, 0.1) is 26.4 Å². The van der Waals surface area contributed by atoms with Crippen molar-refractivity contribution in [1.29, 1.82) is 0 Å². The van der Waals surface area contributed by atoms with Crippen molar-refractivity contribution in [2.75, 3.05) is 26.4 Å². The Kier molecular flexibility index (Phi) is 4.38. The first-order chi connectivity index (χ1) is 14.3. The molecule has 1 spiro atoms. The molecule has 6 rings (SSSR count). The van der Waals surface area contributed by atoms with Crippen LogP contribution in [0.2, 0.25) is 0 Å². The van der Waals surface area contributed by atoms with Crippen LogP contribution in [-0.2, 0) is 23.7 Å². The van der Waals surface area contributed by atoms with E-state index in [1.54, 1.807) is 0 Å². The number of rotatable bonds is 1. The molecule has 0 aromatic rings. The van der Waals surface area contributed by atoms with Crippen molar-refractivity contribution in [3.63, 3.8) is 0 Å². The quantitative estimate of drug-likeness (QED) is 0.634. The van der Waals surface area contributed by atoms with E-state index < -0.39 is 5.79 Å². The van der Waals surface area contributed by atoms with Crippen LogP contribution in [-0.4, -0.2) is 43.8 Å². The summed E-state index contributed by atoms with van der Waals surface area (Å²) in [6.07, 6.45) is 8.41. The van der Waals surface area contributed by atoms with Crippen molar-refractivity contribution < 1.29 is 23.7 Å². The third kappa shape index (κ3) is 2.58. The average molecular weight is 419 g/mol. The molecular weight excluding hydrogens is 380 g/mol. The standard InChI is InChI=1S/C25H38O5/c1-22-8-9-25(29-12-13-30-25)14-16(22)4-5-17-18-6-7-20(24(3)27-10-11-28-24)23(18,2)15-19(26)21(17)22/h16-18,20-21H,4-15H2,1-3H3/t16-,17-,18-,20+,21-,22+,23+/m1/s1. The second-order valence-electron chi connectivity index (χ2n) is 11.8. The number of hydrogen-bond donors (Lipinski definition) is 0. The maximum atomic E-state index is 13.9. The summed E-state index contributed by atoms with van der Waals surface area (Å²) in [6, 6.07) is 0. The number of ether oxygens (including phenoxy) is 4. The van der Waals surface area contributed by atoms with Crippen molar-refractivity contribution in [2.45, 2.75) is 83.7 Å². The molecule has 168 valence electrons. The Morgan fingerprint density at radius 1 is 0.800 bits per heavy atom. The molecule has 5 heteroatoms. The van der Waals surface area contributed by atoms with Crippen molar-refractivity contribution in [2.24, 2.45) is 40.4 Å². The maximum absolute atomic E-state index is 13.9. The minimum absolute atomic E-state index is 0.00804. The van der Waals surface area contributed by atoms with Gasteiger partial charge in [-0.3, -0.25) is 4.79 Å². The lowest BCUT2D eigenvalue weighted by molar-refractivity contribution is -0.234. The monoisotopic (exact) mass is 418 g/mol. The van der Waals surface area contributed by atoms with Crippen LogP contribution < -0.4 is 0 Å². The van der Waals surface area contributed by atoms with Gasteiger partial charge in [-0.2, -0.15) is 0 Å². The lowest BCUT2D eigenvalue weighted by Gasteiger charge is -2.61. The van der Waals surface area contributed by atoms with Crippen molar-refractivity contribution in [1.82, 2.24) is 0 Å². The zero-order chi connectivity index (χ0) is 20.8. The molecule has 2 aliphatic heterocycles. The highest BCUT2D eigenvalue weighted by molar-refractivity contribution is 5.84. The van der Waals surface area contributed by atoms with Gasteiger partial charge >= 0.3 is 0 Å². The van der Waals surface area contributed by atoms with Gasteiger partial charge in [-0.05, 0) is 67.6 Å². The topological polar surface area (TPSA) is 54.0 Å². The largest absolute Gasteiger partial charge is 0.348 e. The fraction of sp³-hybridized carbons (Fsp3) is 0.960. The van der Waals surface area contributed by atoms with E-state index in [0.717, 1.165) is 38.9 Å². The highest BCUT2D eigenvalue weighted by Crippen LogP contribution is 2.68. The van der Waals surface area contributed by atoms with Crippen LogP contribution in [0.25, 0.3) is 0 Å². The first kappa shape index (κ1) is 20.1. The van der Waals surface area contributed by atoms with Crippen LogP contribution in [0.4, 0.5) is 0 Å². The molecule has 4 aliphatic carbocycles. The lowest BCUT2D eigenvalue weighted by atomic mass is 9.44. The van der Waals surface area contributed by atoms with Gasteiger partial charge in [-0.25, -0.2) is 0 Å². The third-order valence-corrected chi connectivity index (χ3v) is 10.7. The average Bonchev–Trinajstić information content (AvgIpc) is 3.41. The smallest absolute Gasteiger partial charge is 0.169 e. The minimum atomic E-state index is -0.508. The summed E-state index contributed by atoms with van der Waals surface area (Å²) in [5, 5.41) is 0. The maximum Gasteiger partial charge on any atom is 0.169 e. The van der Waals surface area contributed by atoms with Gasteiger partial charge in [0.1, 0.15) is 5.78 Å². The molecule has 0 unspecified atom stereocenters. The van der Waals surface area contributed by atoms with Gasteiger partial charge in [-0.1, -0.05) is 13.8 Å². The molecule has 6 fully saturated rings. The molecule has 0 radical (unpaired) electrons. The van der Waals surface area contributed by atoms with Crippen molar-refractivity contribution in [3.8, 4) is 0 Å². The van der Waals surface area contributed by atoms with Crippen LogP contribution in [0.1, 0.15) is 72.1 Å². The summed E-state index contributed by atoms with van der Waals surface area (Å²) >= 11 is 0. The van der Waals surface area contributed by atoms with Gasteiger partial charge in [0.25, 0.3) is 0 Å². The van der Waals surface area contributed by atoms with Gasteiger partial charge in [0.2, 0.25) is 0 Å². The van der Waals surface area contributed by atoms with Crippen LogP contribution >= 0.6 is 0 Å². The third-order valence-electron chi connectivity index (χ3n) is 10.7. The predicted octanol–water partition coefficient (Wildman–Crippen LogP) is 4.33. The highest BCUT2D eigenvalue weighted by atomic mass is 16.7. The summed E-state index contributed by atoms with van der Waals surface area (Å²) in [4.78, 5) is 13.9. The molecule has 2 heterocycles. The lowest BCUT2D eigenvalue weighted by Crippen LogP contribution is -2.60. The van der Waals surface area contributed by atoms with Crippen molar-refractivity contribution >= 4 is 5.78 Å². The summed E-state index contributed by atoms with van der Waals surface area (Å²) in [5.41, 5.74) is 0.109. The molecule has 0 amide bonds. The minimum Gasteiger partial charge on any atom is -0.348 e. The Balaban J connectivity index is 1.29. The molecule has 30 heavy (non-hydrogen) atoms. The number of carbonyl (C=O) groups excluding carboxylic acids is 1. The zero-order valence-electron chi connectivity index (χ0n) is 18.9. The van der Waals surface area contributed by atoms with E-state index in [4.69, 9.17) is 18.9 Å². The van der Waals surface area contributed by atoms with Crippen LogP contribution in [0.15, 0.2) is 0 Å². The van der Waals surface area contributed by atoms with E-state index in [1.807, 2.05) is 0 Å². The van der Waals surface area contributed by atoms with Gasteiger partial charge in [-0.15, -0.1) is 0 Å². The summed E-state index contributed by atoms with van der Waals surface area (Å²) < 4.78 is 24.4. The van der Waals surface area contributed by atoms with E-state index >= 15 is 0 Å². The van der Waals surface area contributed by atoms with Gasteiger partial charge in [0.15, 0.2) is 11.6 Å². The Morgan fingerprint density at radius 3 is 2.23 bits per heavy atom. The number of ketones is 1. The SMILES string of the molecule is CC1([C@H]2CC[C@@H]3[C@H]4CC[C@@H]5CC6(CC[C@]5(C)[C@H]4C(=O)C[C@@]32C)OCCO6)OCCO1. The van der Waals surface area contributed by atoms with Crippen LogP contribution in [0.3, 0.4) is 0 Å². The second kappa shape index (κ2) is 6.52.